The minimum absolute atomic E-state index is 0.0231. The molecule has 2 rings (SSSR count). The van der Waals surface area contributed by atoms with Crippen molar-refractivity contribution in [2.45, 2.75) is 0 Å². The Morgan fingerprint density at radius 2 is 2.08 bits per heavy atom. The maximum atomic E-state index is 10.2. The van der Waals surface area contributed by atoms with E-state index in [4.69, 9.17) is 0 Å². The van der Waals surface area contributed by atoms with Crippen LogP contribution in [0.3, 0.4) is 0 Å². The molecule has 0 aromatic carbocycles. The fourth-order valence-corrected chi connectivity index (χ4v) is 1.44. The van der Waals surface area contributed by atoms with E-state index in [-0.39, 0.29) is 5.91 Å². The minimum Gasteiger partial charge on any atom is -0.311 e. The molecule has 5 heteroatoms. The van der Waals surface area contributed by atoms with E-state index in [0.29, 0.717) is 10.1 Å². The Kier molecular flexibility index (Phi) is 4.42. The number of pyridine rings is 1. The molecule has 0 radical (unpaired) electrons. The molecule has 1 fully saturated rings. The van der Waals surface area contributed by atoms with E-state index < -0.39 is 0 Å². The van der Waals surface area contributed by atoms with Gasteiger partial charge in [0.25, 0.3) is 0 Å². The summed E-state index contributed by atoms with van der Waals surface area (Å²) in [6, 6.07) is 5.72. The van der Waals surface area contributed by atoms with Gasteiger partial charge in [0.1, 0.15) is 4.32 Å². The van der Waals surface area contributed by atoms with Crippen LogP contribution >= 0.6 is 24.0 Å². The summed E-state index contributed by atoms with van der Waals surface area (Å²) in [6.07, 6.45) is 3.50. The fourth-order valence-electron chi connectivity index (χ4n) is 0.630. The second-order valence-electron chi connectivity index (χ2n) is 2.15. The van der Waals surface area contributed by atoms with E-state index in [0.717, 1.165) is 0 Å². The van der Waals surface area contributed by atoms with Gasteiger partial charge in [-0.1, -0.05) is 30.0 Å². The van der Waals surface area contributed by atoms with Crippen LogP contribution in [-0.4, -0.2) is 21.0 Å². The Hall–Kier alpha value is -0.940. The maximum Gasteiger partial charge on any atom is 0.235 e. The first-order chi connectivity index (χ1) is 6.29. The van der Waals surface area contributed by atoms with E-state index in [1.165, 1.54) is 11.8 Å². The summed E-state index contributed by atoms with van der Waals surface area (Å²) in [5.41, 5.74) is 0. The summed E-state index contributed by atoms with van der Waals surface area (Å²) < 4.78 is 0.602. The van der Waals surface area contributed by atoms with Gasteiger partial charge < -0.3 is 5.32 Å². The number of nitrogens with zero attached hydrogens (tertiary/aromatic N) is 1. The molecule has 1 amide bonds. The number of carbonyl (C=O) groups is 1. The van der Waals surface area contributed by atoms with E-state index in [2.05, 4.69) is 22.5 Å². The number of hydrogen-bond acceptors (Lipinski definition) is 4. The molecule has 0 atom stereocenters. The van der Waals surface area contributed by atoms with Crippen molar-refractivity contribution >= 4 is 34.2 Å². The Balaban J connectivity index is 0.000000132. The summed E-state index contributed by atoms with van der Waals surface area (Å²) in [6.45, 7) is 0. The smallest absolute Gasteiger partial charge is 0.235 e. The number of rotatable bonds is 0. The van der Waals surface area contributed by atoms with E-state index in [9.17, 15) is 4.79 Å². The van der Waals surface area contributed by atoms with Gasteiger partial charge in [-0.2, -0.15) is 0 Å². The van der Waals surface area contributed by atoms with Gasteiger partial charge in [-0.15, -0.1) is 0 Å². The van der Waals surface area contributed by atoms with Crippen molar-refractivity contribution < 1.29 is 4.79 Å². The van der Waals surface area contributed by atoms with Crippen molar-refractivity contribution in [3.05, 3.63) is 30.6 Å². The molecular formula is C8H8N2OS2. The van der Waals surface area contributed by atoms with Crippen molar-refractivity contribution in [3.63, 3.8) is 0 Å². The monoisotopic (exact) mass is 212 g/mol. The summed E-state index contributed by atoms with van der Waals surface area (Å²) in [4.78, 5) is 14.0. The third-order valence-electron chi connectivity index (χ3n) is 1.14. The zero-order chi connectivity index (χ0) is 9.52. The number of carbonyl (C=O) groups excluding carboxylic acids is 1. The van der Waals surface area contributed by atoms with Crippen molar-refractivity contribution in [3.8, 4) is 0 Å². The topological polar surface area (TPSA) is 42.0 Å². The second-order valence-corrected chi connectivity index (χ2v) is 3.80. The largest absolute Gasteiger partial charge is 0.311 e. The molecule has 3 nitrogen and oxygen atoms in total. The number of aromatic nitrogens is 1. The molecule has 0 unspecified atom stereocenters. The number of nitrogens with one attached hydrogen (secondary N) is 1. The lowest BCUT2D eigenvalue weighted by Gasteiger charge is -1.81. The van der Waals surface area contributed by atoms with Crippen molar-refractivity contribution in [1.82, 2.24) is 10.3 Å². The summed E-state index contributed by atoms with van der Waals surface area (Å²) in [7, 11) is 0. The highest BCUT2D eigenvalue weighted by molar-refractivity contribution is 8.24. The third kappa shape index (κ3) is 4.59. The molecule has 1 aromatic rings. The van der Waals surface area contributed by atoms with Gasteiger partial charge >= 0.3 is 0 Å². The van der Waals surface area contributed by atoms with Gasteiger partial charge in [0, 0.05) is 12.4 Å². The molecule has 0 bridgehead atoms. The van der Waals surface area contributed by atoms with Gasteiger partial charge in [0.05, 0.1) is 5.75 Å². The van der Waals surface area contributed by atoms with E-state index in [1.807, 2.05) is 18.2 Å². The first-order valence-corrected chi connectivity index (χ1v) is 5.00. The van der Waals surface area contributed by atoms with Gasteiger partial charge in [-0.05, 0) is 12.1 Å². The van der Waals surface area contributed by atoms with E-state index >= 15 is 0 Å². The highest BCUT2D eigenvalue weighted by Gasteiger charge is 2.13. The van der Waals surface area contributed by atoms with Gasteiger partial charge in [-0.25, -0.2) is 0 Å². The van der Waals surface area contributed by atoms with Crippen LogP contribution in [0.15, 0.2) is 30.6 Å². The molecule has 1 aromatic heterocycles. The quantitative estimate of drug-likeness (QED) is 0.656. The first-order valence-electron chi connectivity index (χ1n) is 3.60. The Labute approximate surface area is 85.9 Å². The highest BCUT2D eigenvalue weighted by atomic mass is 32.2. The highest BCUT2D eigenvalue weighted by Crippen LogP contribution is 2.06. The predicted octanol–water partition coefficient (Wildman–Crippen LogP) is 1.22. The van der Waals surface area contributed by atoms with Gasteiger partial charge in [0.15, 0.2) is 0 Å². The molecule has 0 spiro atoms. The zero-order valence-electron chi connectivity index (χ0n) is 6.77. The maximum absolute atomic E-state index is 10.2. The van der Waals surface area contributed by atoms with Crippen molar-refractivity contribution in [2.24, 2.45) is 0 Å². The average molecular weight is 212 g/mol. The number of thioether (sulfide) groups is 1. The molecular weight excluding hydrogens is 204 g/mol. The van der Waals surface area contributed by atoms with E-state index in [1.54, 1.807) is 12.4 Å². The lowest BCUT2D eigenvalue weighted by Crippen LogP contribution is -2.18. The normalized spacial score (nSPS) is 14.5. The molecule has 0 saturated carbocycles. The number of amides is 1. The molecule has 2 heterocycles. The first kappa shape index (κ1) is 10.1. The number of hydrogen-bond donors (Lipinski definition) is 1. The van der Waals surface area contributed by atoms with Crippen LogP contribution in [0.4, 0.5) is 0 Å². The van der Waals surface area contributed by atoms with Crippen LogP contribution in [0.5, 0.6) is 0 Å². The zero-order valence-corrected chi connectivity index (χ0v) is 8.40. The lowest BCUT2D eigenvalue weighted by molar-refractivity contribution is -0.116. The predicted molar refractivity (Wildman–Crippen MR) is 57.4 cm³/mol. The second kappa shape index (κ2) is 5.66. The van der Waals surface area contributed by atoms with Gasteiger partial charge in [0.2, 0.25) is 5.91 Å². The Morgan fingerprint density at radius 1 is 1.38 bits per heavy atom. The lowest BCUT2D eigenvalue weighted by atomic mass is 10.5. The van der Waals surface area contributed by atoms with Crippen LogP contribution < -0.4 is 5.32 Å². The Morgan fingerprint density at radius 3 is 2.23 bits per heavy atom. The molecule has 68 valence electrons. The summed E-state index contributed by atoms with van der Waals surface area (Å²) in [5.74, 6) is 0.522. The molecule has 1 N–H and O–H groups in total. The summed E-state index contributed by atoms with van der Waals surface area (Å²) >= 11 is 6.00. The van der Waals surface area contributed by atoms with Crippen LogP contribution in [-0.2, 0) is 4.79 Å². The Bertz CT molecular complexity index is 249. The average Bonchev–Trinajstić information content (AvgIpc) is 2.54. The minimum atomic E-state index is 0.0231. The van der Waals surface area contributed by atoms with Crippen LogP contribution in [0.2, 0.25) is 0 Å². The van der Waals surface area contributed by atoms with Crippen LogP contribution in [0, 0.1) is 0 Å². The molecule has 1 aliphatic heterocycles. The molecule has 0 aliphatic carbocycles. The van der Waals surface area contributed by atoms with Crippen molar-refractivity contribution in [2.75, 3.05) is 5.75 Å². The number of thiocarbonyl (C=S) groups is 1. The molecule has 1 aliphatic rings. The molecule has 1 saturated heterocycles. The van der Waals surface area contributed by atoms with Crippen LogP contribution in [0.25, 0.3) is 0 Å². The molecule has 13 heavy (non-hydrogen) atoms. The van der Waals surface area contributed by atoms with Crippen LogP contribution in [0.1, 0.15) is 0 Å². The summed E-state index contributed by atoms with van der Waals surface area (Å²) in [5, 5.41) is 2.47. The van der Waals surface area contributed by atoms with Gasteiger partial charge in [-0.3, -0.25) is 9.78 Å². The third-order valence-corrected chi connectivity index (χ3v) is 2.37. The fraction of sp³-hybridized carbons (Fsp3) is 0.125. The van der Waals surface area contributed by atoms with Crippen molar-refractivity contribution in [1.29, 1.82) is 0 Å². The SMILES string of the molecule is O=C1CSC(=S)N1.c1ccncc1. The standard InChI is InChI=1S/C5H5N.C3H3NOS2/c1-2-4-6-5-3-1;5-2-1-7-3(6)4-2/h1-5H;1H2,(H,4,5,6).